The van der Waals surface area contributed by atoms with Gasteiger partial charge in [-0.2, -0.15) is 0 Å². The summed E-state index contributed by atoms with van der Waals surface area (Å²) in [5, 5.41) is 0. The summed E-state index contributed by atoms with van der Waals surface area (Å²) in [6, 6.07) is 3.77. The Balaban J connectivity index is 1.65. The van der Waals surface area contributed by atoms with Crippen LogP contribution in [0, 0.1) is 18.3 Å². The highest BCUT2D eigenvalue weighted by Crippen LogP contribution is 2.44. The van der Waals surface area contributed by atoms with Gasteiger partial charge in [-0.05, 0) is 43.7 Å². The summed E-state index contributed by atoms with van der Waals surface area (Å²) in [5.74, 6) is 0.544. The predicted molar refractivity (Wildman–Crippen MR) is 87.3 cm³/mol. The van der Waals surface area contributed by atoms with Crippen molar-refractivity contribution in [2.45, 2.75) is 26.2 Å². The van der Waals surface area contributed by atoms with Gasteiger partial charge in [-0.15, -0.1) is 0 Å². The van der Waals surface area contributed by atoms with E-state index in [1.807, 2.05) is 24.0 Å². The minimum atomic E-state index is 0.0997. The number of methoxy groups -OCH3 is 1. The zero-order valence-electron chi connectivity index (χ0n) is 14.1. The molecule has 0 unspecified atom stereocenters. The van der Waals surface area contributed by atoms with Crippen molar-refractivity contribution < 1.29 is 14.3 Å². The van der Waals surface area contributed by atoms with Crippen LogP contribution in [0.4, 0.5) is 0 Å². The topological polar surface area (TPSA) is 51.7 Å². The van der Waals surface area contributed by atoms with Gasteiger partial charge in [0.05, 0.1) is 18.8 Å². The normalized spacial score (nSPS) is 23.9. The zero-order chi connectivity index (χ0) is 16.3. The van der Waals surface area contributed by atoms with Crippen molar-refractivity contribution in [2.24, 2.45) is 11.3 Å². The van der Waals surface area contributed by atoms with Gasteiger partial charge in [0, 0.05) is 44.6 Å². The van der Waals surface area contributed by atoms with E-state index in [0.717, 1.165) is 57.9 Å². The third kappa shape index (κ3) is 3.40. The van der Waals surface area contributed by atoms with Crippen LogP contribution in [-0.2, 0) is 9.47 Å². The molecule has 0 bridgehead atoms. The minimum Gasteiger partial charge on any atom is -0.384 e. The maximum atomic E-state index is 12.6. The number of ether oxygens (including phenoxy) is 2. The molecule has 1 spiro atoms. The van der Waals surface area contributed by atoms with E-state index in [1.54, 1.807) is 13.3 Å². The van der Waals surface area contributed by atoms with Crippen LogP contribution in [0.5, 0.6) is 0 Å². The number of hydrogen-bond acceptors (Lipinski definition) is 4. The number of piperidine rings is 1. The molecule has 1 atom stereocenters. The Morgan fingerprint density at radius 3 is 2.83 bits per heavy atom. The molecule has 1 amide bonds. The van der Waals surface area contributed by atoms with E-state index in [0.29, 0.717) is 11.5 Å². The number of nitrogens with zero attached hydrogens (tertiary/aromatic N) is 2. The lowest BCUT2D eigenvalue weighted by Gasteiger charge is -2.48. The van der Waals surface area contributed by atoms with E-state index < -0.39 is 0 Å². The molecule has 5 nitrogen and oxygen atoms in total. The summed E-state index contributed by atoms with van der Waals surface area (Å²) in [6.07, 6.45) is 4.84. The van der Waals surface area contributed by atoms with Crippen molar-refractivity contribution in [1.29, 1.82) is 0 Å². The maximum Gasteiger partial charge on any atom is 0.255 e. The monoisotopic (exact) mass is 318 g/mol. The van der Waals surface area contributed by atoms with E-state index in [1.165, 1.54) is 0 Å². The highest BCUT2D eigenvalue weighted by Gasteiger charge is 2.44. The molecule has 0 aromatic carbocycles. The van der Waals surface area contributed by atoms with E-state index in [9.17, 15) is 4.79 Å². The van der Waals surface area contributed by atoms with E-state index >= 15 is 0 Å². The third-order valence-corrected chi connectivity index (χ3v) is 5.50. The summed E-state index contributed by atoms with van der Waals surface area (Å²) in [5.41, 5.74) is 1.90. The Morgan fingerprint density at radius 1 is 1.39 bits per heavy atom. The zero-order valence-corrected chi connectivity index (χ0v) is 14.1. The first-order valence-corrected chi connectivity index (χ1v) is 8.43. The van der Waals surface area contributed by atoms with Crippen LogP contribution >= 0.6 is 0 Å². The molecule has 1 aromatic heterocycles. The SMILES string of the molecule is COC[C@@H]1COCCC12CCN(C(=O)c1ccc(C)nc1)CC2. The van der Waals surface area contributed by atoms with Crippen LogP contribution in [-0.4, -0.2) is 55.8 Å². The molecule has 1 aromatic rings. The van der Waals surface area contributed by atoms with Crippen LogP contribution < -0.4 is 0 Å². The van der Waals surface area contributed by atoms with E-state index in [4.69, 9.17) is 9.47 Å². The Labute approximate surface area is 138 Å². The van der Waals surface area contributed by atoms with Gasteiger partial charge in [0.1, 0.15) is 0 Å². The van der Waals surface area contributed by atoms with Crippen molar-refractivity contribution in [2.75, 3.05) is 40.0 Å². The number of pyridine rings is 1. The average Bonchev–Trinajstić information content (AvgIpc) is 2.58. The predicted octanol–water partition coefficient (Wildman–Crippen LogP) is 2.30. The van der Waals surface area contributed by atoms with Crippen molar-refractivity contribution in [3.8, 4) is 0 Å². The van der Waals surface area contributed by atoms with Crippen molar-refractivity contribution in [3.05, 3.63) is 29.6 Å². The molecule has 23 heavy (non-hydrogen) atoms. The first-order valence-electron chi connectivity index (χ1n) is 8.43. The van der Waals surface area contributed by atoms with Gasteiger partial charge in [-0.25, -0.2) is 0 Å². The van der Waals surface area contributed by atoms with Crippen molar-refractivity contribution in [1.82, 2.24) is 9.88 Å². The lowest BCUT2D eigenvalue weighted by atomic mass is 9.66. The molecular formula is C18H26N2O3. The van der Waals surface area contributed by atoms with Gasteiger partial charge in [0.2, 0.25) is 0 Å². The number of aryl methyl sites for hydroxylation is 1. The van der Waals surface area contributed by atoms with Gasteiger partial charge >= 0.3 is 0 Å². The van der Waals surface area contributed by atoms with Gasteiger partial charge < -0.3 is 14.4 Å². The Bertz CT molecular complexity index is 534. The van der Waals surface area contributed by atoms with Crippen LogP contribution in [0.3, 0.4) is 0 Å². The summed E-state index contributed by atoms with van der Waals surface area (Å²) in [4.78, 5) is 18.8. The fourth-order valence-electron chi connectivity index (χ4n) is 3.90. The Hall–Kier alpha value is -1.46. The standard InChI is InChI=1S/C18H26N2O3/c1-14-3-4-15(11-19-14)17(21)20-8-5-18(6-9-20)7-10-23-13-16(18)12-22-2/h3-4,11,16H,5-10,12-13H2,1-2H3/t16-/m1/s1. The number of aromatic nitrogens is 1. The molecule has 2 aliphatic heterocycles. The number of likely N-dealkylation sites (tertiary alicyclic amines) is 1. The second-order valence-corrected chi connectivity index (χ2v) is 6.82. The average molecular weight is 318 g/mol. The van der Waals surface area contributed by atoms with Crippen LogP contribution in [0.15, 0.2) is 18.3 Å². The first kappa shape index (κ1) is 16.4. The summed E-state index contributed by atoms with van der Waals surface area (Å²) >= 11 is 0. The molecule has 3 heterocycles. The molecule has 2 aliphatic rings. The van der Waals surface area contributed by atoms with Crippen molar-refractivity contribution >= 4 is 5.91 Å². The minimum absolute atomic E-state index is 0.0997. The summed E-state index contributed by atoms with van der Waals surface area (Å²) in [7, 11) is 1.76. The fourth-order valence-corrected chi connectivity index (χ4v) is 3.90. The largest absolute Gasteiger partial charge is 0.384 e. The van der Waals surface area contributed by atoms with E-state index in [2.05, 4.69) is 4.98 Å². The molecule has 0 saturated carbocycles. The molecule has 2 saturated heterocycles. The Kier molecular flexibility index (Phi) is 4.97. The van der Waals surface area contributed by atoms with Crippen molar-refractivity contribution in [3.63, 3.8) is 0 Å². The number of carbonyl (C=O) groups is 1. The number of hydrogen-bond donors (Lipinski definition) is 0. The first-order chi connectivity index (χ1) is 11.1. The van der Waals surface area contributed by atoms with Gasteiger partial charge in [-0.3, -0.25) is 9.78 Å². The molecule has 0 N–H and O–H groups in total. The molecule has 3 rings (SSSR count). The van der Waals surface area contributed by atoms with E-state index in [-0.39, 0.29) is 11.3 Å². The molecule has 0 radical (unpaired) electrons. The lowest BCUT2D eigenvalue weighted by molar-refractivity contribution is -0.0912. The Morgan fingerprint density at radius 2 is 2.17 bits per heavy atom. The highest BCUT2D eigenvalue weighted by atomic mass is 16.5. The number of amides is 1. The number of carbonyl (C=O) groups excluding carboxylic acids is 1. The fraction of sp³-hybridized carbons (Fsp3) is 0.667. The number of rotatable bonds is 3. The van der Waals surface area contributed by atoms with Gasteiger partial charge in [-0.1, -0.05) is 0 Å². The van der Waals surface area contributed by atoms with Gasteiger partial charge in [0.25, 0.3) is 5.91 Å². The second-order valence-electron chi connectivity index (χ2n) is 6.82. The maximum absolute atomic E-state index is 12.6. The molecule has 126 valence electrons. The lowest BCUT2D eigenvalue weighted by Crippen LogP contribution is -2.50. The van der Waals surface area contributed by atoms with Crippen LogP contribution in [0.25, 0.3) is 0 Å². The molecule has 5 heteroatoms. The quantitative estimate of drug-likeness (QED) is 0.858. The molecule has 0 aliphatic carbocycles. The molecule has 2 fully saturated rings. The summed E-state index contributed by atoms with van der Waals surface area (Å²) < 4.78 is 11.0. The smallest absolute Gasteiger partial charge is 0.255 e. The second kappa shape index (κ2) is 6.97. The van der Waals surface area contributed by atoms with Gasteiger partial charge in [0.15, 0.2) is 0 Å². The van der Waals surface area contributed by atoms with Crippen LogP contribution in [0.2, 0.25) is 0 Å². The van der Waals surface area contributed by atoms with Crippen LogP contribution in [0.1, 0.15) is 35.3 Å². The summed E-state index contributed by atoms with van der Waals surface area (Å²) in [6.45, 7) is 5.91. The third-order valence-electron chi connectivity index (χ3n) is 5.50. The molecular weight excluding hydrogens is 292 g/mol. The highest BCUT2D eigenvalue weighted by molar-refractivity contribution is 5.94.